The smallest absolute Gasteiger partial charge is 0.202 e. The van der Waals surface area contributed by atoms with Gasteiger partial charge in [0.15, 0.2) is 0 Å². The molecule has 0 aromatic carbocycles. The van der Waals surface area contributed by atoms with Crippen molar-refractivity contribution in [1.82, 2.24) is 0 Å². The van der Waals surface area contributed by atoms with Gasteiger partial charge in [-0.2, -0.15) is 0 Å². The molecule has 4 nitrogen and oxygen atoms in total. The second-order valence-electron chi connectivity index (χ2n) is 2.33. The van der Waals surface area contributed by atoms with Gasteiger partial charge in [0.05, 0.1) is 6.54 Å². The first-order chi connectivity index (χ1) is 4.66. The molecule has 0 spiro atoms. The molecular formula is C6H15NO3. The minimum absolute atomic E-state index is 0.0724. The van der Waals surface area contributed by atoms with Gasteiger partial charge in [0, 0.05) is 0 Å². The van der Waals surface area contributed by atoms with Gasteiger partial charge in [-0.1, -0.05) is 13.3 Å². The van der Waals surface area contributed by atoms with Crippen LogP contribution in [0.1, 0.15) is 19.8 Å². The van der Waals surface area contributed by atoms with E-state index in [-0.39, 0.29) is 11.6 Å². The van der Waals surface area contributed by atoms with E-state index in [4.69, 9.17) is 10.2 Å². The van der Waals surface area contributed by atoms with Crippen LogP contribution < -0.4 is 5.06 Å². The lowest BCUT2D eigenvalue weighted by Gasteiger charge is -2.22. The minimum Gasteiger partial charge on any atom is -0.634 e. The summed E-state index contributed by atoms with van der Waals surface area (Å²) >= 11 is 0. The van der Waals surface area contributed by atoms with Gasteiger partial charge >= 0.3 is 0 Å². The lowest BCUT2D eigenvalue weighted by Crippen LogP contribution is -3.08. The van der Waals surface area contributed by atoms with Gasteiger partial charge in [0.2, 0.25) is 6.29 Å². The first-order valence-corrected chi connectivity index (χ1v) is 3.54. The zero-order chi connectivity index (χ0) is 7.98. The number of hydroxylamine groups is 2. The van der Waals surface area contributed by atoms with Crippen molar-refractivity contribution in [3.63, 3.8) is 0 Å². The first-order valence-electron chi connectivity index (χ1n) is 3.54. The van der Waals surface area contributed by atoms with Crippen LogP contribution in [0.4, 0.5) is 0 Å². The summed E-state index contributed by atoms with van der Waals surface area (Å²) in [6.45, 7) is 2.33. The number of nitrogens with one attached hydrogen (secondary N) is 1. The SMILES string of the molecule is CCCC[NH+]([O-])CC(O)O. The van der Waals surface area contributed by atoms with Crippen LogP contribution in [0.15, 0.2) is 0 Å². The molecule has 0 amide bonds. The maximum Gasteiger partial charge on any atom is 0.202 e. The summed E-state index contributed by atoms with van der Waals surface area (Å²) in [5.74, 6) is 0. The minimum atomic E-state index is -1.47. The van der Waals surface area contributed by atoms with Crippen molar-refractivity contribution in [2.75, 3.05) is 13.1 Å². The Balaban J connectivity index is 3.16. The normalized spacial score (nSPS) is 14.1. The molecule has 3 N–H and O–H groups in total. The third kappa shape index (κ3) is 5.97. The fourth-order valence-electron chi connectivity index (χ4n) is 0.680. The second kappa shape index (κ2) is 5.61. The number of quaternary nitrogens is 1. The summed E-state index contributed by atoms with van der Waals surface area (Å²) in [7, 11) is 0. The molecule has 1 unspecified atom stereocenters. The summed E-state index contributed by atoms with van der Waals surface area (Å²) < 4.78 is 0. The molecule has 10 heavy (non-hydrogen) atoms. The van der Waals surface area contributed by atoms with Gasteiger partial charge in [-0.15, -0.1) is 0 Å². The number of unbranched alkanes of at least 4 members (excludes halogenated alkanes) is 1. The zero-order valence-electron chi connectivity index (χ0n) is 6.21. The van der Waals surface area contributed by atoms with Crippen LogP contribution in [0.3, 0.4) is 0 Å². The van der Waals surface area contributed by atoms with Gasteiger partial charge in [-0.25, -0.2) is 0 Å². The quantitative estimate of drug-likeness (QED) is 0.328. The summed E-state index contributed by atoms with van der Waals surface area (Å²) in [5.41, 5.74) is 0. The fourth-order valence-corrected chi connectivity index (χ4v) is 0.680. The average molecular weight is 149 g/mol. The predicted molar refractivity (Wildman–Crippen MR) is 37.2 cm³/mol. The summed E-state index contributed by atoms with van der Waals surface area (Å²) in [5, 5.41) is 27.3. The van der Waals surface area contributed by atoms with Crippen molar-refractivity contribution in [1.29, 1.82) is 0 Å². The lowest BCUT2D eigenvalue weighted by molar-refractivity contribution is -0.855. The summed E-state index contributed by atoms with van der Waals surface area (Å²) in [6.07, 6.45) is 0.336. The van der Waals surface area contributed by atoms with Crippen molar-refractivity contribution in [2.24, 2.45) is 0 Å². The second-order valence-corrected chi connectivity index (χ2v) is 2.33. The van der Waals surface area contributed by atoms with E-state index in [0.29, 0.717) is 6.54 Å². The molecule has 0 aromatic heterocycles. The van der Waals surface area contributed by atoms with Crippen LogP contribution in [0, 0.1) is 5.21 Å². The molecule has 62 valence electrons. The molecule has 0 radical (unpaired) electrons. The third-order valence-electron chi connectivity index (χ3n) is 1.22. The Morgan fingerprint density at radius 3 is 2.50 bits per heavy atom. The first kappa shape index (κ1) is 9.84. The monoisotopic (exact) mass is 149 g/mol. The number of aliphatic hydroxyl groups excluding tert-OH is 1. The number of rotatable bonds is 5. The van der Waals surface area contributed by atoms with E-state index in [1.54, 1.807) is 0 Å². The molecule has 0 aliphatic heterocycles. The lowest BCUT2D eigenvalue weighted by atomic mass is 10.3. The van der Waals surface area contributed by atoms with E-state index in [0.717, 1.165) is 12.8 Å². The van der Waals surface area contributed by atoms with Crippen molar-refractivity contribution in [2.45, 2.75) is 26.1 Å². The Kier molecular flexibility index (Phi) is 5.52. The fraction of sp³-hybridized carbons (Fsp3) is 1.00. The summed E-state index contributed by atoms with van der Waals surface area (Å²) in [4.78, 5) is 0. The van der Waals surface area contributed by atoms with Gasteiger partial charge in [0.1, 0.15) is 6.54 Å². The number of aliphatic hydroxyl groups is 2. The van der Waals surface area contributed by atoms with Crippen LogP contribution >= 0.6 is 0 Å². The molecule has 0 aromatic rings. The van der Waals surface area contributed by atoms with Crippen molar-refractivity contribution in [3.8, 4) is 0 Å². The molecule has 0 fully saturated rings. The Morgan fingerprint density at radius 1 is 1.50 bits per heavy atom. The predicted octanol–water partition coefficient (Wildman–Crippen LogP) is -1.52. The van der Waals surface area contributed by atoms with E-state index in [1.807, 2.05) is 6.92 Å². The van der Waals surface area contributed by atoms with Crippen molar-refractivity contribution in [3.05, 3.63) is 5.21 Å². The topological polar surface area (TPSA) is 68.0 Å². The molecule has 1 atom stereocenters. The van der Waals surface area contributed by atoms with Crippen LogP contribution in [-0.2, 0) is 0 Å². The molecule has 0 heterocycles. The third-order valence-corrected chi connectivity index (χ3v) is 1.22. The molecule has 0 saturated heterocycles. The Labute approximate surface area is 60.7 Å². The molecule has 4 heteroatoms. The van der Waals surface area contributed by atoms with E-state index in [2.05, 4.69) is 0 Å². The van der Waals surface area contributed by atoms with Gasteiger partial charge in [-0.05, 0) is 6.42 Å². The highest BCUT2D eigenvalue weighted by Gasteiger charge is 2.02. The van der Waals surface area contributed by atoms with Crippen LogP contribution in [0.5, 0.6) is 0 Å². The molecule has 0 bridgehead atoms. The average Bonchev–Trinajstić information content (AvgIpc) is 1.82. The standard InChI is InChI=1S/C6H15NO3/c1-2-3-4-7(10)5-6(8)9/h6-9H,2-5H2,1H3. The van der Waals surface area contributed by atoms with Crippen LogP contribution in [0.25, 0.3) is 0 Å². The largest absolute Gasteiger partial charge is 0.634 e. The maximum absolute atomic E-state index is 10.7. The van der Waals surface area contributed by atoms with Crippen LogP contribution in [0.2, 0.25) is 0 Å². The zero-order valence-corrected chi connectivity index (χ0v) is 6.21. The van der Waals surface area contributed by atoms with Gasteiger partial charge < -0.3 is 20.5 Å². The molecule has 0 saturated carbocycles. The Hall–Kier alpha value is -0.160. The van der Waals surface area contributed by atoms with E-state index in [9.17, 15) is 5.21 Å². The Bertz CT molecular complexity index is 77.4. The Morgan fingerprint density at radius 2 is 2.10 bits per heavy atom. The maximum atomic E-state index is 10.7. The van der Waals surface area contributed by atoms with Crippen LogP contribution in [-0.4, -0.2) is 29.6 Å². The highest BCUT2D eigenvalue weighted by atomic mass is 16.5. The highest BCUT2D eigenvalue weighted by molar-refractivity contribution is 4.33. The van der Waals surface area contributed by atoms with Gasteiger partial charge in [-0.3, -0.25) is 0 Å². The van der Waals surface area contributed by atoms with E-state index >= 15 is 0 Å². The molecule has 0 aliphatic carbocycles. The molecule has 0 aliphatic rings. The van der Waals surface area contributed by atoms with E-state index in [1.165, 1.54) is 0 Å². The highest BCUT2D eigenvalue weighted by Crippen LogP contribution is 1.78. The van der Waals surface area contributed by atoms with Crippen molar-refractivity contribution < 1.29 is 15.3 Å². The van der Waals surface area contributed by atoms with E-state index < -0.39 is 6.29 Å². The molecular weight excluding hydrogens is 134 g/mol. The van der Waals surface area contributed by atoms with Crippen molar-refractivity contribution >= 4 is 0 Å². The number of hydrogen-bond donors (Lipinski definition) is 3. The van der Waals surface area contributed by atoms with Gasteiger partial charge in [0.25, 0.3) is 0 Å². The summed E-state index contributed by atoms with van der Waals surface area (Å²) in [6, 6.07) is 0. The number of hydrogen-bond acceptors (Lipinski definition) is 3. The molecule has 0 rings (SSSR count).